The molecule has 0 aliphatic carbocycles. The highest BCUT2D eigenvalue weighted by Gasteiger charge is 2.48. The van der Waals surface area contributed by atoms with Crippen LogP contribution in [0.15, 0.2) is 30.5 Å². The highest BCUT2D eigenvalue weighted by Crippen LogP contribution is 2.42. The Labute approximate surface area is 161 Å². The summed E-state index contributed by atoms with van der Waals surface area (Å²) in [6, 6.07) is 8.48. The van der Waals surface area contributed by atoms with Crippen molar-refractivity contribution in [2.45, 2.75) is 46.6 Å². The lowest BCUT2D eigenvalue weighted by Gasteiger charge is -2.39. The van der Waals surface area contributed by atoms with Crippen LogP contribution < -0.4 is 4.90 Å². The summed E-state index contributed by atoms with van der Waals surface area (Å²) in [6.45, 7) is 9.28. The summed E-state index contributed by atoms with van der Waals surface area (Å²) in [7, 11) is 0. The molecule has 142 valence electrons. The summed E-state index contributed by atoms with van der Waals surface area (Å²) >= 11 is 0. The molecule has 1 aromatic carbocycles. The van der Waals surface area contributed by atoms with Gasteiger partial charge in [0.2, 0.25) is 5.91 Å². The predicted molar refractivity (Wildman–Crippen MR) is 107 cm³/mol. The van der Waals surface area contributed by atoms with Crippen molar-refractivity contribution >= 4 is 11.7 Å². The van der Waals surface area contributed by atoms with E-state index in [4.69, 9.17) is 4.98 Å². The van der Waals surface area contributed by atoms with Crippen LogP contribution in [0.4, 0.5) is 5.82 Å². The third-order valence-electron chi connectivity index (χ3n) is 5.98. The highest BCUT2D eigenvalue weighted by molar-refractivity contribution is 5.85. The van der Waals surface area contributed by atoms with Crippen molar-refractivity contribution in [3.8, 4) is 0 Å². The Hall–Kier alpha value is -2.43. The number of carbonyl (C=O) groups is 1. The second-order valence-electron chi connectivity index (χ2n) is 8.19. The van der Waals surface area contributed by atoms with E-state index in [-0.39, 0.29) is 5.41 Å². The lowest BCUT2D eigenvalue weighted by Crippen LogP contribution is -2.49. The molecule has 0 unspecified atom stereocenters. The second kappa shape index (κ2) is 6.95. The van der Waals surface area contributed by atoms with Crippen LogP contribution in [0.25, 0.3) is 0 Å². The fraction of sp³-hybridized carbons (Fsp3) is 0.500. The third-order valence-corrected chi connectivity index (χ3v) is 5.98. The molecule has 0 saturated carbocycles. The molecule has 2 aliphatic rings. The first-order chi connectivity index (χ1) is 13.0. The van der Waals surface area contributed by atoms with Gasteiger partial charge in [0.25, 0.3) is 0 Å². The van der Waals surface area contributed by atoms with Gasteiger partial charge in [-0.1, -0.05) is 29.8 Å². The number of hydrogen-bond acceptors (Lipinski definition) is 4. The highest BCUT2D eigenvalue weighted by atomic mass is 16.2. The molecule has 0 N–H and O–H groups in total. The molecule has 27 heavy (non-hydrogen) atoms. The van der Waals surface area contributed by atoms with E-state index >= 15 is 0 Å². The first-order valence-electron chi connectivity index (χ1n) is 9.87. The van der Waals surface area contributed by atoms with Gasteiger partial charge >= 0.3 is 0 Å². The Morgan fingerprint density at radius 2 is 2.00 bits per heavy atom. The van der Waals surface area contributed by atoms with E-state index in [1.165, 1.54) is 11.1 Å². The first-order valence-corrected chi connectivity index (χ1v) is 9.87. The summed E-state index contributed by atoms with van der Waals surface area (Å²) < 4.78 is 0. The minimum atomic E-state index is -0.264. The number of carbonyl (C=O) groups excluding carboxylic acids is 1. The Bertz CT molecular complexity index is 865. The minimum absolute atomic E-state index is 0.264. The number of aryl methyl sites for hydroxylation is 3. The van der Waals surface area contributed by atoms with Crippen molar-refractivity contribution in [3.05, 3.63) is 53.0 Å². The molecule has 0 bridgehead atoms. The van der Waals surface area contributed by atoms with Crippen molar-refractivity contribution in [1.82, 2.24) is 14.9 Å². The van der Waals surface area contributed by atoms with Crippen LogP contribution >= 0.6 is 0 Å². The average Bonchev–Trinajstić information content (AvgIpc) is 3.06. The molecule has 5 heteroatoms. The largest absolute Gasteiger partial charge is 0.354 e. The molecule has 1 atom stereocenters. The third kappa shape index (κ3) is 3.43. The number of piperidine rings is 1. The summed E-state index contributed by atoms with van der Waals surface area (Å²) in [4.78, 5) is 26.9. The molecule has 5 nitrogen and oxygen atoms in total. The molecule has 3 heterocycles. The Morgan fingerprint density at radius 1 is 1.15 bits per heavy atom. The van der Waals surface area contributed by atoms with E-state index in [0.717, 1.165) is 56.1 Å². The van der Waals surface area contributed by atoms with Gasteiger partial charge in [0, 0.05) is 32.4 Å². The van der Waals surface area contributed by atoms with Gasteiger partial charge in [-0.05, 0) is 45.6 Å². The Morgan fingerprint density at radius 3 is 2.81 bits per heavy atom. The molecule has 2 aromatic rings. The number of anilines is 1. The minimum Gasteiger partial charge on any atom is -0.354 e. The summed E-state index contributed by atoms with van der Waals surface area (Å²) in [5, 5.41) is 0. The zero-order valence-corrected chi connectivity index (χ0v) is 16.5. The summed E-state index contributed by atoms with van der Waals surface area (Å²) in [5.74, 6) is 1.26. The number of hydrogen-bond donors (Lipinski definition) is 0. The molecule has 1 spiro atoms. The average molecular weight is 364 g/mol. The predicted octanol–water partition coefficient (Wildman–Crippen LogP) is 3.42. The smallest absolute Gasteiger partial charge is 0.230 e. The SMILES string of the molecule is Cc1cccc(CN2CCC[C@@]3(CCN(c4nc(C)cnc4C)C3)C2=O)c1. The fourth-order valence-corrected chi connectivity index (χ4v) is 4.59. The second-order valence-corrected chi connectivity index (χ2v) is 8.19. The van der Waals surface area contributed by atoms with E-state index < -0.39 is 0 Å². The van der Waals surface area contributed by atoms with Gasteiger partial charge in [0.1, 0.15) is 5.82 Å². The molecule has 1 aromatic heterocycles. The first kappa shape index (κ1) is 18.0. The van der Waals surface area contributed by atoms with Crippen molar-refractivity contribution in [3.63, 3.8) is 0 Å². The zero-order chi connectivity index (χ0) is 19.0. The van der Waals surface area contributed by atoms with E-state index in [0.29, 0.717) is 12.5 Å². The molecule has 2 aliphatic heterocycles. The van der Waals surface area contributed by atoms with E-state index in [1.54, 1.807) is 6.20 Å². The van der Waals surface area contributed by atoms with Gasteiger partial charge in [0.15, 0.2) is 0 Å². The van der Waals surface area contributed by atoms with Crippen LogP contribution in [0, 0.1) is 26.2 Å². The maximum absolute atomic E-state index is 13.4. The maximum Gasteiger partial charge on any atom is 0.230 e. The number of rotatable bonds is 3. The summed E-state index contributed by atoms with van der Waals surface area (Å²) in [5.41, 5.74) is 4.06. The van der Waals surface area contributed by atoms with Crippen LogP contribution in [0.3, 0.4) is 0 Å². The van der Waals surface area contributed by atoms with Crippen molar-refractivity contribution in [2.75, 3.05) is 24.5 Å². The van der Waals surface area contributed by atoms with E-state index in [2.05, 4.69) is 46.0 Å². The monoisotopic (exact) mass is 364 g/mol. The van der Waals surface area contributed by atoms with E-state index in [1.807, 2.05) is 13.8 Å². The van der Waals surface area contributed by atoms with Crippen LogP contribution in [0.2, 0.25) is 0 Å². The fourth-order valence-electron chi connectivity index (χ4n) is 4.59. The standard InChI is InChI=1S/C22H28N4O/c1-16-6-4-7-19(12-16)14-25-10-5-8-22(21(25)27)9-11-26(15-22)20-18(3)23-13-17(2)24-20/h4,6-7,12-13H,5,8-11,14-15H2,1-3H3/t22-/m0/s1. The Balaban J connectivity index is 1.53. The molecule has 0 radical (unpaired) electrons. The molecule has 2 saturated heterocycles. The lowest BCUT2D eigenvalue weighted by atomic mass is 9.78. The molecule has 2 fully saturated rings. The van der Waals surface area contributed by atoms with E-state index in [9.17, 15) is 4.79 Å². The number of likely N-dealkylation sites (tertiary alicyclic amines) is 1. The molecule has 4 rings (SSSR count). The summed E-state index contributed by atoms with van der Waals surface area (Å²) in [6.07, 6.45) is 4.76. The topological polar surface area (TPSA) is 49.3 Å². The molecular formula is C22H28N4O. The van der Waals surface area contributed by atoms with Gasteiger partial charge in [-0.3, -0.25) is 9.78 Å². The maximum atomic E-state index is 13.4. The number of aromatic nitrogens is 2. The van der Waals surface area contributed by atoms with Gasteiger partial charge < -0.3 is 9.80 Å². The molecular weight excluding hydrogens is 336 g/mol. The van der Waals surface area contributed by atoms with Crippen LogP contribution in [-0.4, -0.2) is 40.4 Å². The van der Waals surface area contributed by atoms with Crippen molar-refractivity contribution in [1.29, 1.82) is 0 Å². The molecule has 1 amide bonds. The Kier molecular flexibility index (Phi) is 4.62. The van der Waals surface area contributed by atoms with Gasteiger partial charge in [-0.2, -0.15) is 0 Å². The lowest BCUT2D eigenvalue weighted by molar-refractivity contribution is -0.145. The zero-order valence-electron chi connectivity index (χ0n) is 16.5. The van der Waals surface area contributed by atoms with Crippen LogP contribution in [0.1, 0.15) is 41.8 Å². The normalized spacial score (nSPS) is 22.7. The van der Waals surface area contributed by atoms with Gasteiger partial charge in [-0.25, -0.2) is 4.98 Å². The van der Waals surface area contributed by atoms with Gasteiger partial charge in [0.05, 0.1) is 16.8 Å². The number of nitrogens with zero attached hydrogens (tertiary/aromatic N) is 4. The van der Waals surface area contributed by atoms with Gasteiger partial charge in [-0.15, -0.1) is 0 Å². The quantitative estimate of drug-likeness (QED) is 0.837. The van der Waals surface area contributed by atoms with Crippen molar-refractivity contribution < 1.29 is 4.79 Å². The van der Waals surface area contributed by atoms with Crippen LogP contribution in [0.5, 0.6) is 0 Å². The number of benzene rings is 1. The van der Waals surface area contributed by atoms with Crippen LogP contribution in [-0.2, 0) is 11.3 Å². The van der Waals surface area contributed by atoms with Crippen molar-refractivity contribution in [2.24, 2.45) is 5.41 Å². The number of amides is 1.